The maximum absolute atomic E-state index is 14.0. The van der Waals surface area contributed by atoms with Crippen LogP contribution in [0.25, 0.3) is 21.7 Å². The Morgan fingerprint density at radius 1 is 1.08 bits per heavy atom. The number of thiazole rings is 1. The maximum Gasteiger partial charge on any atom is 0.267 e. The molecule has 0 saturated heterocycles. The summed E-state index contributed by atoms with van der Waals surface area (Å²) in [7, 11) is 0. The van der Waals surface area contributed by atoms with Gasteiger partial charge in [0, 0.05) is 35.7 Å². The molecule has 39 heavy (non-hydrogen) atoms. The van der Waals surface area contributed by atoms with Gasteiger partial charge in [0.05, 0.1) is 17.3 Å². The van der Waals surface area contributed by atoms with Crippen LogP contribution >= 0.6 is 11.3 Å². The minimum Gasteiger partial charge on any atom is -0.381 e. The van der Waals surface area contributed by atoms with Crippen molar-refractivity contribution in [2.75, 3.05) is 5.73 Å². The molecule has 0 spiro atoms. The minimum atomic E-state index is -0.642. The molecule has 11 heteroatoms. The number of hydrogen-bond acceptors (Lipinski definition) is 8. The van der Waals surface area contributed by atoms with Gasteiger partial charge < -0.3 is 11.1 Å². The van der Waals surface area contributed by atoms with Crippen LogP contribution in [0.5, 0.6) is 0 Å². The molecule has 5 aromatic heterocycles. The van der Waals surface area contributed by atoms with E-state index < -0.39 is 11.9 Å². The maximum atomic E-state index is 14.0. The van der Waals surface area contributed by atoms with Crippen LogP contribution in [0.1, 0.15) is 40.3 Å². The summed E-state index contributed by atoms with van der Waals surface area (Å²) in [5.74, 6) is 5.74. The van der Waals surface area contributed by atoms with Gasteiger partial charge in [0.15, 0.2) is 16.4 Å². The van der Waals surface area contributed by atoms with Crippen LogP contribution in [0.15, 0.2) is 83.5 Å². The van der Waals surface area contributed by atoms with Crippen LogP contribution in [0.3, 0.4) is 0 Å². The topological polar surface area (TPSA) is 133 Å². The van der Waals surface area contributed by atoms with E-state index >= 15 is 0 Å². The molecule has 0 saturated carbocycles. The lowest BCUT2D eigenvalue weighted by Crippen LogP contribution is -2.30. The molecule has 0 unspecified atom stereocenters. The van der Waals surface area contributed by atoms with Crippen LogP contribution in [-0.2, 0) is 0 Å². The van der Waals surface area contributed by atoms with E-state index in [0.717, 1.165) is 5.56 Å². The highest BCUT2D eigenvalue weighted by molar-refractivity contribution is 7.15. The van der Waals surface area contributed by atoms with Crippen LogP contribution in [-0.4, -0.2) is 34.9 Å². The van der Waals surface area contributed by atoms with Crippen molar-refractivity contribution in [3.63, 3.8) is 0 Å². The molecule has 0 radical (unpaired) electrons. The van der Waals surface area contributed by atoms with Crippen molar-refractivity contribution in [1.29, 1.82) is 0 Å². The molecule has 190 valence electrons. The zero-order valence-corrected chi connectivity index (χ0v) is 21.4. The number of carbonyl (C=O) groups excluding carboxylic acids is 1. The van der Waals surface area contributed by atoms with Crippen molar-refractivity contribution < 1.29 is 4.79 Å². The zero-order valence-electron chi connectivity index (χ0n) is 20.6. The molecule has 3 N–H and O–H groups in total. The summed E-state index contributed by atoms with van der Waals surface area (Å²) in [6.45, 7) is 1.77. The molecule has 6 rings (SSSR count). The van der Waals surface area contributed by atoms with Gasteiger partial charge in [-0.2, -0.15) is 0 Å². The Morgan fingerprint density at radius 2 is 1.87 bits per heavy atom. The lowest BCUT2D eigenvalue weighted by molar-refractivity contribution is 0.0941. The largest absolute Gasteiger partial charge is 0.381 e. The van der Waals surface area contributed by atoms with Gasteiger partial charge in [-0.3, -0.25) is 14.6 Å². The molecular weight excluding hydrogens is 512 g/mol. The third kappa shape index (κ3) is 4.39. The highest BCUT2D eigenvalue weighted by Gasteiger charge is 2.25. The number of rotatable bonds is 4. The summed E-state index contributed by atoms with van der Waals surface area (Å²) < 4.78 is 2.95. The summed E-state index contributed by atoms with van der Waals surface area (Å²) in [5, 5.41) is 8.90. The molecule has 0 bridgehead atoms. The van der Waals surface area contributed by atoms with E-state index in [0.29, 0.717) is 33.1 Å². The lowest BCUT2D eigenvalue weighted by Gasteiger charge is -2.17. The number of nitrogens with two attached hydrogens (primary N) is 1. The first-order valence-electron chi connectivity index (χ1n) is 11.9. The van der Waals surface area contributed by atoms with Crippen LogP contribution in [0.4, 0.5) is 5.82 Å². The number of nitrogen functional groups attached to an aromatic ring is 1. The van der Waals surface area contributed by atoms with E-state index in [1.807, 2.05) is 30.3 Å². The molecule has 5 heterocycles. The highest BCUT2D eigenvalue weighted by Crippen LogP contribution is 2.27. The van der Waals surface area contributed by atoms with Crippen molar-refractivity contribution in [2.45, 2.75) is 13.0 Å². The van der Waals surface area contributed by atoms with Gasteiger partial charge in [-0.15, -0.1) is 16.4 Å². The van der Waals surface area contributed by atoms with Crippen molar-refractivity contribution in [1.82, 2.24) is 34.3 Å². The Kier molecular flexibility index (Phi) is 6.07. The van der Waals surface area contributed by atoms with E-state index in [1.165, 1.54) is 20.3 Å². The van der Waals surface area contributed by atoms with Crippen LogP contribution in [0.2, 0.25) is 0 Å². The third-order valence-electron chi connectivity index (χ3n) is 6.08. The number of nitrogens with zero attached hydrogens (tertiary/aromatic N) is 6. The van der Waals surface area contributed by atoms with Gasteiger partial charge in [0.1, 0.15) is 11.3 Å². The number of pyridine rings is 1. The van der Waals surface area contributed by atoms with Gasteiger partial charge in [0.2, 0.25) is 0 Å². The van der Waals surface area contributed by atoms with Crippen LogP contribution in [0, 0.1) is 11.8 Å². The summed E-state index contributed by atoms with van der Waals surface area (Å²) in [4.78, 5) is 40.9. The van der Waals surface area contributed by atoms with Gasteiger partial charge >= 0.3 is 0 Å². The Labute approximate surface area is 225 Å². The molecular formula is C28H20N8O2S. The van der Waals surface area contributed by atoms with Gasteiger partial charge in [-0.1, -0.05) is 36.3 Å². The van der Waals surface area contributed by atoms with Gasteiger partial charge in [-0.25, -0.2) is 18.9 Å². The smallest absolute Gasteiger partial charge is 0.267 e. The monoisotopic (exact) mass is 532 g/mol. The highest BCUT2D eigenvalue weighted by atomic mass is 32.1. The Bertz CT molecular complexity index is 1970. The second-order valence-corrected chi connectivity index (χ2v) is 9.45. The third-order valence-corrected chi connectivity index (χ3v) is 6.91. The molecule has 0 aliphatic rings. The predicted molar refractivity (Wildman–Crippen MR) is 148 cm³/mol. The number of nitrogens with one attached hydrogen (secondary N) is 1. The molecule has 10 nitrogen and oxygen atoms in total. The Morgan fingerprint density at radius 3 is 2.67 bits per heavy atom. The molecule has 0 aliphatic heterocycles. The summed E-state index contributed by atoms with van der Waals surface area (Å²) in [6.07, 6.45) is 6.55. The average Bonchev–Trinajstić information content (AvgIpc) is 3.52. The van der Waals surface area contributed by atoms with Gasteiger partial charge in [-0.05, 0) is 36.6 Å². The van der Waals surface area contributed by atoms with E-state index in [9.17, 15) is 9.59 Å². The SMILES string of the molecule is C[C@@H](NC(=O)c1c(N)nn2cccnc12)c1nc2scc(C#Cc3ccncc3)n2c(=O)c1-c1ccccc1. The van der Waals surface area contributed by atoms with E-state index in [2.05, 4.69) is 32.2 Å². The Hall–Kier alpha value is -5.34. The first-order valence-corrected chi connectivity index (χ1v) is 12.8. The normalized spacial score (nSPS) is 11.7. The number of hydrogen-bond donors (Lipinski definition) is 2. The molecule has 1 aromatic carbocycles. The molecule has 1 atom stereocenters. The predicted octanol–water partition coefficient (Wildman–Crippen LogP) is 3.33. The Balaban J connectivity index is 1.45. The fraction of sp³-hybridized carbons (Fsp3) is 0.0714. The lowest BCUT2D eigenvalue weighted by atomic mass is 10.0. The molecule has 6 aromatic rings. The first kappa shape index (κ1) is 24.0. The van der Waals surface area contributed by atoms with Crippen molar-refractivity contribution >= 4 is 33.7 Å². The number of benzene rings is 1. The summed E-state index contributed by atoms with van der Waals surface area (Å²) in [6, 6.07) is 13.9. The summed E-state index contributed by atoms with van der Waals surface area (Å²) >= 11 is 1.30. The average molecular weight is 533 g/mol. The second-order valence-electron chi connectivity index (χ2n) is 8.61. The number of fused-ring (bicyclic) bond motifs is 2. The van der Waals surface area contributed by atoms with E-state index in [4.69, 9.17) is 10.7 Å². The minimum absolute atomic E-state index is 0.0563. The number of aromatic nitrogens is 6. The second kappa shape index (κ2) is 9.85. The first-order chi connectivity index (χ1) is 19.0. The summed E-state index contributed by atoms with van der Waals surface area (Å²) in [5.41, 5.74) is 9.04. The fourth-order valence-corrected chi connectivity index (χ4v) is 5.09. The fourth-order valence-electron chi connectivity index (χ4n) is 4.28. The van der Waals surface area contributed by atoms with Crippen molar-refractivity contribution in [2.24, 2.45) is 0 Å². The number of amides is 1. The van der Waals surface area contributed by atoms with E-state index in [-0.39, 0.29) is 16.9 Å². The van der Waals surface area contributed by atoms with E-state index in [1.54, 1.807) is 55.3 Å². The molecule has 1 amide bonds. The number of carbonyl (C=O) groups is 1. The standard InChI is InChI=1S/C28H20N8O2S/c1-17(32-26(37)22-24(29)34-35-15-5-12-31-25(22)35)23-21(19-6-3-2-4-7-19)27(38)36-20(16-39-28(36)33-23)9-8-18-10-13-30-14-11-18/h2-7,10-17H,1H3,(H2,29,34)(H,32,37)/t17-/m1/s1. The van der Waals surface area contributed by atoms with Crippen LogP contribution < -0.4 is 16.6 Å². The molecule has 0 fully saturated rings. The quantitative estimate of drug-likeness (QED) is 0.333. The zero-order chi connectivity index (χ0) is 26.9. The number of anilines is 1. The molecule has 0 aliphatic carbocycles. The van der Waals surface area contributed by atoms with Gasteiger partial charge in [0.25, 0.3) is 11.5 Å². The van der Waals surface area contributed by atoms with Crippen molar-refractivity contribution in [3.05, 3.63) is 112 Å². The van der Waals surface area contributed by atoms with Crippen molar-refractivity contribution in [3.8, 4) is 23.0 Å².